The Morgan fingerprint density at radius 3 is 2.35 bits per heavy atom. The summed E-state index contributed by atoms with van der Waals surface area (Å²) in [6.45, 7) is 0.723. The second-order valence-electron chi connectivity index (χ2n) is 3.70. The predicted octanol–water partition coefficient (Wildman–Crippen LogP) is 3.95. The Bertz CT molecular complexity index is 474. The van der Waals surface area contributed by atoms with Crippen molar-refractivity contribution in [2.75, 3.05) is 11.9 Å². The van der Waals surface area contributed by atoms with Gasteiger partial charge in [0.05, 0.1) is 0 Å². The summed E-state index contributed by atoms with van der Waals surface area (Å²) >= 11 is 0. The van der Waals surface area contributed by atoms with Crippen LogP contribution in [0.5, 0.6) is 0 Å². The standard InChI is InChI=1S/C15H14FN/c16-14-8-10-15(11-9-14)17-12-4-7-13-5-2-1-3-6-13/h1-11,17H,12H2/b7-4+. The maximum atomic E-state index is 12.7. The third-order valence-corrected chi connectivity index (χ3v) is 2.38. The van der Waals surface area contributed by atoms with Crippen molar-refractivity contribution in [2.45, 2.75) is 0 Å². The van der Waals surface area contributed by atoms with Crippen LogP contribution in [-0.2, 0) is 0 Å². The van der Waals surface area contributed by atoms with Crippen LogP contribution in [0.3, 0.4) is 0 Å². The molecule has 0 aromatic heterocycles. The summed E-state index contributed by atoms with van der Waals surface area (Å²) in [6, 6.07) is 16.5. The van der Waals surface area contributed by atoms with Crippen LogP contribution < -0.4 is 5.32 Å². The normalized spacial score (nSPS) is 10.6. The molecule has 17 heavy (non-hydrogen) atoms. The second-order valence-corrected chi connectivity index (χ2v) is 3.70. The molecule has 0 saturated carbocycles. The highest BCUT2D eigenvalue weighted by Crippen LogP contribution is 2.08. The Labute approximate surface area is 101 Å². The molecule has 0 aliphatic rings. The third-order valence-electron chi connectivity index (χ3n) is 2.38. The Balaban J connectivity index is 1.84. The Hall–Kier alpha value is -2.09. The van der Waals surface area contributed by atoms with Gasteiger partial charge in [-0.25, -0.2) is 4.39 Å². The van der Waals surface area contributed by atoms with E-state index in [-0.39, 0.29) is 5.82 Å². The van der Waals surface area contributed by atoms with E-state index < -0.39 is 0 Å². The van der Waals surface area contributed by atoms with E-state index in [0.717, 1.165) is 12.2 Å². The lowest BCUT2D eigenvalue weighted by Crippen LogP contribution is -1.97. The summed E-state index contributed by atoms with van der Waals surface area (Å²) in [5, 5.41) is 3.19. The molecule has 86 valence electrons. The first-order chi connectivity index (χ1) is 8.34. The molecule has 0 spiro atoms. The van der Waals surface area contributed by atoms with E-state index in [9.17, 15) is 4.39 Å². The molecular weight excluding hydrogens is 213 g/mol. The topological polar surface area (TPSA) is 12.0 Å². The molecule has 0 atom stereocenters. The van der Waals surface area contributed by atoms with Gasteiger partial charge in [0.15, 0.2) is 0 Å². The lowest BCUT2D eigenvalue weighted by Gasteiger charge is -2.02. The largest absolute Gasteiger partial charge is 0.382 e. The van der Waals surface area contributed by atoms with Crippen molar-refractivity contribution in [2.24, 2.45) is 0 Å². The summed E-state index contributed by atoms with van der Waals surface area (Å²) < 4.78 is 12.7. The summed E-state index contributed by atoms with van der Waals surface area (Å²) in [6.07, 6.45) is 4.09. The van der Waals surface area contributed by atoms with Gasteiger partial charge in [-0.3, -0.25) is 0 Å². The molecule has 0 aliphatic heterocycles. The van der Waals surface area contributed by atoms with Gasteiger partial charge < -0.3 is 5.32 Å². The highest BCUT2D eigenvalue weighted by molar-refractivity contribution is 5.50. The fourth-order valence-electron chi connectivity index (χ4n) is 1.50. The first-order valence-electron chi connectivity index (χ1n) is 5.55. The molecular formula is C15H14FN. The highest BCUT2D eigenvalue weighted by atomic mass is 19.1. The molecule has 2 rings (SSSR count). The molecule has 1 nitrogen and oxygen atoms in total. The Morgan fingerprint density at radius 1 is 0.941 bits per heavy atom. The van der Waals surface area contributed by atoms with Crippen molar-refractivity contribution in [1.29, 1.82) is 0 Å². The van der Waals surface area contributed by atoms with E-state index in [1.54, 1.807) is 12.1 Å². The van der Waals surface area contributed by atoms with Crippen LogP contribution in [0.25, 0.3) is 6.08 Å². The van der Waals surface area contributed by atoms with E-state index in [1.165, 1.54) is 17.7 Å². The smallest absolute Gasteiger partial charge is 0.123 e. The summed E-state index contributed by atoms with van der Waals surface area (Å²) in [5.74, 6) is -0.213. The first-order valence-corrected chi connectivity index (χ1v) is 5.55. The summed E-state index contributed by atoms with van der Waals surface area (Å²) in [5.41, 5.74) is 2.09. The van der Waals surface area contributed by atoms with Crippen molar-refractivity contribution >= 4 is 11.8 Å². The molecule has 0 bridgehead atoms. The van der Waals surface area contributed by atoms with Gasteiger partial charge >= 0.3 is 0 Å². The molecule has 2 aromatic rings. The quantitative estimate of drug-likeness (QED) is 0.833. The van der Waals surface area contributed by atoms with Crippen LogP contribution in [0.2, 0.25) is 0 Å². The van der Waals surface area contributed by atoms with E-state index in [2.05, 4.69) is 11.4 Å². The number of halogens is 1. The van der Waals surface area contributed by atoms with Crippen LogP contribution in [0.4, 0.5) is 10.1 Å². The molecule has 0 amide bonds. The minimum Gasteiger partial charge on any atom is -0.382 e. The predicted molar refractivity (Wildman–Crippen MR) is 70.4 cm³/mol. The van der Waals surface area contributed by atoms with E-state index in [4.69, 9.17) is 0 Å². The molecule has 2 heteroatoms. The lowest BCUT2D eigenvalue weighted by molar-refractivity contribution is 0.628. The van der Waals surface area contributed by atoms with E-state index in [0.29, 0.717) is 0 Å². The molecule has 0 aliphatic carbocycles. The van der Waals surface area contributed by atoms with Gasteiger partial charge in [-0.15, -0.1) is 0 Å². The molecule has 0 fully saturated rings. The fraction of sp³-hybridized carbons (Fsp3) is 0.0667. The number of hydrogen-bond donors (Lipinski definition) is 1. The SMILES string of the molecule is Fc1ccc(NC/C=C/c2ccccc2)cc1. The lowest BCUT2D eigenvalue weighted by atomic mass is 10.2. The van der Waals surface area contributed by atoms with Gasteiger partial charge in [0.1, 0.15) is 5.82 Å². The second kappa shape index (κ2) is 5.85. The van der Waals surface area contributed by atoms with Crippen molar-refractivity contribution in [3.63, 3.8) is 0 Å². The minimum atomic E-state index is -0.213. The number of anilines is 1. The molecule has 0 saturated heterocycles. The van der Waals surface area contributed by atoms with Gasteiger partial charge in [-0.2, -0.15) is 0 Å². The summed E-state index contributed by atoms with van der Waals surface area (Å²) in [4.78, 5) is 0. The van der Waals surface area contributed by atoms with Crippen LogP contribution in [0.1, 0.15) is 5.56 Å². The Morgan fingerprint density at radius 2 is 1.65 bits per heavy atom. The first kappa shape index (κ1) is 11.4. The molecule has 0 radical (unpaired) electrons. The van der Waals surface area contributed by atoms with Gasteiger partial charge in [0, 0.05) is 12.2 Å². The molecule has 0 heterocycles. The average molecular weight is 227 g/mol. The van der Waals surface area contributed by atoms with Crippen LogP contribution in [0, 0.1) is 5.82 Å². The monoisotopic (exact) mass is 227 g/mol. The van der Waals surface area contributed by atoms with Crippen LogP contribution >= 0.6 is 0 Å². The van der Waals surface area contributed by atoms with Crippen molar-refractivity contribution in [3.8, 4) is 0 Å². The fourth-order valence-corrected chi connectivity index (χ4v) is 1.50. The molecule has 1 N–H and O–H groups in total. The number of hydrogen-bond acceptors (Lipinski definition) is 1. The zero-order chi connectivity index (χ0) is 11.9. The summed E-state index contributed by atoms with van der Waals surface area (Å²) in [7, 11) is 0. The minimum absolute atomic E-state index is 0.213. The average Bonchev–Trinajstić information content (AvgIpc) is 2.38. The number of rotatable bonds is 4. The van der Waals surface area contributed by atoms with Gasteiger partial charge in [0.25, 0.3) is 0 Å². The third kappa shape index (κ3) is 3.76. The maximum Gasteiger partial charge on any atom is 0.123 e. The number of benzene rings is 2. The van der Waals surface area contributed by atoms with Gasteiger partial charge in [-0.1, -0.05) is 42.5 Å². The van der Waals surface area contributed by atoms with Crippen LogP contribution in [0.15, 0.2) is 60.7 Å². The van der Waals surface area contributed by atoms with Crippen molar-refractivity contribution < 1.29 is 4.39 Å². The molecule has 0 unspecified atom stereocenters. The Kier molecular flexibility index (Phi) is 3.92. The number of nitrogens with one attached hydrogen (secondary N) is 1. The van der Waals surface area contributed by atoms with Gasteiger partial charge in [0.2, 0.25) is 0 Å². The zero-order valence-corrected chi connectivity index (χ0v) is 9.44. The highest BCUT2D eigenvalue weighted by Gasteiger charge is 1.90. The molecule has 2 aromatic carbocycles. The zero-order valence-electron chi connectivity index (χ0n) is 9.44. The van der Waals surface area contributed by atoms with Crippen molar-refractivity contribution in [3.05, 3.63) is 72.1 Å². The maximum absolute atomic E-state index is 12.7. The van der Waals surface area contributed by atoms with Crippen molar-refractivity contribution in [1.82, 2.24) is 0 Å². The van der Waals surface area contributed by atoms with E-state index in [1.807, 2.05) is 36.4 Å². The van der Waals surface area contributed by atoms with E-state index >= 15 is 0 Å². The van der Waals surface area contributed by atoms with Gasteiger partial charge in [-0.05, 0) is 29.8 Å². The van der Waals surface area contributed by atoms with Crippen LogP contribution in [-0.4, -0.2) is 6.54 Å².